The second-order valence-electron chi connectivity index (χ2n) is 4.32. The molecule has 1 saturated carbocycles. The van der Waals surface area contributed by atoms with Crippen molar-refractivity contribution in [2.24, 2.45) is 11.7 Å². The SMILES string of the molecule is CC(C)NC(=O)NC1CCCC1C(N)=S. The standard InChI is InChI=1S/C10H19N3OS/c1-6(2)12-10(14)13-8-5-3-4-7(8)9(11)15/h6-8H,3-5H2,1-2H3,(H2,11,15)(H2,12,13,14). The Hall–Kier alpha value is -0.840. The summed E-state index contributed by atoms with van der Waals surface area (Å²) in [6.07, 6.45) is 3.03. The van der Waals surface area contributed by atoms with Gasteiger partial charge in [-0.05, 0) is 26.7 Å². The van der Waals surface area contributed by atoms with Crippen LogP contribution in [0.2, 0.25) is 0 Å². The van der Waals surface area contributed by atoms with Crippen molar-refractivity contribution in [3.63, 3.8) is 0 Å². The quantitative estimate of drug-likeness (QED) is 0.636. The molecule has 1 aliphatic rings. The zero-order valence-electron chi connectivity index (χ0n) is 9.25. The van der Waals surface area contributed by atoms with Crippen LogP contribution in [0.5, 0.6) is 0 Å². The number of hydrogen-bond acceptors (Lipinski definition) is 2. The van der Waals surface area contributed by atoms with E-state index in [1.165, 1.54) is 0 Å². The fraction of sp³-hybridized carbons (Fsp3) is 0.800. The minimum Gasteiger partial charge on any atom is -0.393 e. The highest BCUT2D eigenvalue weighted by atomic mass is 32.1. The second-order valence-corrected chi connectivity index (χ2v) is 4.79. The fourth-order valence-electron chi connectivity index (χ4n) is 1.95. The summed E-state index contributed by atoms with van der Waals surface area (Å²) in [7, 11) is 0. The van der Waals surface area contributed by atoms with Gasteiger partial charge in [0.15, 0.2) is 0 Å². The molecule has 0 aliphatic heterocycles. The second kappa shape index (κ2) is 5.30. The first-order chi connectivity index (χ1) is 7.00. The molecule has 86 valence electrons. The summed E-state index contributed by atoms with van der Waals surface area (Å²) in [4.78, 5) is 12.0. The molecule has 0 bridgehead atoms. The van der Waals surface area contributed by atoms with Crippen LogP contribution in [0.25, 0.3) is 0 Å². The highest BCUT2D eigenvalue weighted by molar-refractivity contribution is 7.80. The van der Waals surface area contributed by atoms with Crippen LogP contribution in [-0.4, -0.2) is 23.1 Å². The summed E-state index contributed by atoms with van der Waals surface area (Å²) in [5, 5.41) is 5.72. The minimum absolute atomic E-state index is 0.112. The third-order valence-corrected chi connectivity index (χ3v) is 2.92. The monoisotopic (exact) mass is 229 g/mol. The van der Waals surface area contributed by atoms with Crippen molar-refractivity contribution in [1.82, 2.24) is 10.6 Å². The van der Waals surface area contributed by atoms with Crippen LogP contribution in [0.1, 0.15) is 33.1 Å². The minimum atomic E-state index is -0.127. The van der Waals surface area contributed by atoms with Crippen molar-refractivity contribution in [2.45, 2.75) is 45.2 Å². The Balaban J connectivity index is 2.43. The van der Waals surface area contributed by atoms with Gasteiger partial charge in [-0.1, -0.05) is 18.6 Å². The maximum atomic E-state index is 11.5. The van der Waals surface area contributed by atoms with E-state index in [2.05, 4.69) is 10.6 Å². The average molecular weight is 229 g/mol. The highest BCUT2D eigenvalue weighted by Gasteiger charge is 2.30. The molecular formula is C10H19N3OS. The number of rotatable bonds is 3. The lowest BCUT2D eigenvalue weighted by Gasteiger charge is -2.20. The van der Waals surface area contributed by atoms with Gasteiger partial charge in [-0.15, -0.1) is 0 Å². The van der Waals surface area contributed by atoms with Gasteiger partial charge in [0.25, 0.3) is 0 Å². The smallest absolute Gasteiger partial charge is 0.315 e. The molecule has 0 spiro atoms. The third kappa shape index (κ3) is 3.66. The summed E-state index contributed by atoms with van der Waals surface area (Å²) < 4.78 is 0. The van der Waals surface area contributed by atoms with Crippen LogP contribution in [0.4, 0.5) is 4.79 Å². The first-order valence-corrected chi connectivity index (χ1v) is 5.78. The number of thiocarbonyl (C=S) groups is 1. The van der Waals surface area contributed by atoms with Gasteiger partial charge in [-0.25, -0.2) is 4.79 Å². The molecule has 5 heteroatoms. The number of nitrogens with two attached hydrogens (primary N) is 1. The molecule has 1 aliphatic carbocycles. The molecule has 0 aromatic heterocycles. The van der Waals surface area contributed by atoms with E-state index in [-0.39, 0.29) is 24.0 Å². The predicted octanol–water partition coefficient (Wildman–Crippen LogP) is 1.15. The number of urea groups is 1. The van der Waals surface area contributed by atoms with E-state index in [0.29, 0.717) is 4.99 Å². The average Bonchev–Trinajstić information content (AvgIpc) is 2.50. The van der Waals surface area contributed by atoms with E-state index in [1.807, 2.05) is 13.8 Å². The summed E-state index contributed by atoms with van der Waals surface area (Å²) in [5.74, 6) is 0.165. The van der Waals surface area contributed by atoms with Gasteiger partial charge in [-0.2, -0.15) is 0 Å². The van der Waals surface area contributed by atoms with Crippen LogP contribution >= 0.6 is 12.2 Å². The van der Waals surface area contributed by atoms with E-state index in [0.717, 1.165) is 19.3 Å². The Morgan fingerprint density at radius 1 is 1.47 bits per heavy atom. The molecular weight excluding hydrogens is 210 g/mol. The summed E-state index contributed by atoms with van der Waals surface area (Å²) in [6, 6.07) is 0.133. The van der Waals surface area contributed by atoms with E-state index >= 15 is 0 Å². The van der Waals surface area contributed by atoms with Crippen LogP contribution < -0.4 is 16.4 Å². The molecule has 4 nitrogen and oxygen atoms in total. The van der Waals surface area contributed by atoms with E-state index in [1.54, 1.807) is 0 Å². The Labute approximate surface area is 96.0 Å². The molecule has 1 rings (SSSR count). The van der Waals surface area contributed by atoms with Crippen molar-refractivity contribution in [1.29, 1.82) is 0 Å². The van der Waals surface area contributed by atoms with Crippen molar-refractivity contribution >= 4 is 23.2 Å². The molecule has 0 heterocycles. The Bertz CT molecular complexity index is 255. The summed E-state index contributed by atoms with van der Waals surface area (Å²) >= 11 is 4.98. The normalized spacial score (nSPS) is 25.3. The maximum absolute atomic E-state index is 11.5. The van der Waals surface area contributed by atoms with Crippen molar-refractivity contribution in [2.75, 3.05) is 0 Å². The molecule has 0 aromatic rings. The van der Waals surface area contributed by atoms with Gasteiger partial charge in [-0.3, -0.25) is 0 Å². The van der Waals surface area contributed by atoms with Gasteiger partial charge in [0, 0.05) is 18.0 Å². The van der Waals surface area contributed by atoms with Crippen LogP contribution in [0, 0.1) is 5.92 Å². The highest BCUT2D eigenvalue weighted by Crippen LogP contribution is 2.25. The van der Waals surface area contributed by atoms with Crippen molar-refractivity contribution in [3.8, 4) is 0 Å². The molecule has 0 aromatic carbocycles. The predicted molar refractivity (Wildman–Crippen MR) is 64.7 cm³/mol. The van der Waals surface area contributed by atoms with Gasteiger partial charge in [0.2, 0.25) is 0 Å². The van der Waals surface area contributed by atoms with Crippen molar-refractivity contribution in [3.05, 3.63) is 0 Å². The van der Waals surface area contributed by atoms with Gasteiger partial charge in [0.1, 0.15) is 0 Å². The fourth-order valence-corrected chi connectivity index (χ4v) is 2.23. The lowest BCUT2D eigenvalue weighted by Crippen LogP contribution is -2.47. The maximum Gasteiger partial charge on any atom is 0.315 e. The lowest BCUT2D eigenvalue weighted by molar-refractivity contribution is 0.233. The van der Waals surface area contributed by atoms with Gasteiger partial charge in [0.05, 0.1) is 4.99 Å². The largest absolute Gasteiger partial charge is 0.393 e. The number of carbonyl (C=O) groups excluding carboxylic acids is 1. The Kier molecular flexibility index (Phi) is 4.32. The molecule has 15 heavy (non-hydrogen) atoms. The Morgan fingerprint density at radius 3 is 2.67 bits per heavy atom. The molecule has 2 unspecified atom stereocenters. The molecule has 0 radical (unpaired) electrons. The van der Waals surface area contributed by atoms with Crippen LogP contribution in [-0.2, 0) is 0 Å². The molecule has 4 N–H and O–H groups in total. The van der Waals surface area contributed by atoms with Crippen molar-refractivity contribution < 1.29 is 4.79 Å². The summed E-state index contributed by atoms with van der Waals surface area (Å²) in [6.45, 7) is 3.86. The van der Waals surface area contributed by atoms with Crippen LogP contribution in [0.3, 0.4) is 0 Å². The van der Waals surface area contributed by atoms with Crippen LogP contribution in [0.15, 0.2) is 0 Å². The van der Waals surface area contributed by atoms with Gasteiger partial charge >= 0.3 is 6.03 Å². The number of amides is 2. The van der Waals surface area contributed by atoms with E-state index in [9.17, 15) is 4.79 Å². The lowest BCUT2D eigenvalue weighted by atomic mass is 10.0. The van der Waals surface area contributed by atoms with E-state index < -0.39 is 0 Å². The number of hydrogen-bond donors (Lipinski definition) is 3. The molecule has 1 fully saturated rings. The molecule has 0 saturated heterocycles. The first-order valence-electron chi connectivity index (χ1n) is 5.37. The third-order valence-electron chi connectivity index (χ3n) is 2.62. The zero-order chi connectivity index (χ0) is 11.4. The topological polar surface area (TPSA) is 67.2 Å². The number of nitrogens with one attached hydrogen (secondary N) is 2. The first kappa shape index (κ1) is 12.2. The zero-order valence-corrected chi connectivity index (χ0v) is 10.1. The van der Waals surface area contributed by atoms with E-state index in [4.69, 9.17) is 18.0 Å². The summed E-state index contributed by atoms with van der Waals surface area (Å²) in [5.41, 5.74) is 5.62. The van der Waals surface area contributed by atoms with Gasteiger partial charge < -0.3 is 16.4 Å². The molecule has 2 atom stereocenters. The Morgan fingerprint density at radius 2 is 2.13 bits per heavy atom. The number of carbonyl (C=O) groups is 1. The molecule has 2 amide bonds.